The molecule has 0 unspecified atom stereocenters. The first-order valence-electron chi connectivity index (χ1n) is 5.91. The van der Waals surface area contributed by atoms with Crippen molar-refractivity contribution >= 4 is 23.2 Å². The second-order valence-corrected chi connectivity index (χ2v) is 4.80. The lowest BCUT2D eigenvalue weighted by Crippen LogP contribution is -2.23. The lowest BCUT2D eigenvalue weighted by molar-refractivity contribution is -0.140. The summed E-state index contributed by atoms with van der Waals surface area (Å²) in [5, 5.41) is 2.53. The average Bonchev–Trinajstić information content (AvgIpc) is 2.79. The Kier molecular flexibility index (Phi) is 4.22. The van der Waals surface area contributed by atoms with Crippen LogP contribution in [0.4, 0.5) is 18.9 Å². The Morgan fingerprint density at radius 3 is 2.86 bits per heavy atom. The minimum atomic E-state index is -4.41. The monoisotopic (exact) mass is 317 g/mol. The minimum Gasteiger partial charge on any atom is -0.334 e. The molecule has 0 atom stereocenters. The van der Waals surface area contributed by atoms with Crippen molar-refractivity contribution in [1.82, 2.24) is 9.55 Å². The number of alkyl halides is 3. The molecule has 2 rings (SSSR count). The van der Waals surface area contributed by atoms with Crippen LogP contribution in [0.25, 0.3) is 0 Å². The number of aromatic nitrogens is 2. The molecule has 112 valence electrons. The molecule has 0 aliphatic heterocycles. The van der Waals surface area contributed by atoms with Crippen molar-refractivity contribution in [3.8, 4) is 0 Å². The van der Waals surface area contributed by atoms with Gasteiger partial charge in [0.1, 0.15) is 12.2 Å². The molecule has 0 saturated heterocycles. The molecule has 0 bridgehead atoms. The van der Waals surface area contributed by atoms with Crippen molar-refractivity contribution in [3.05, 3.63) is 47.0 Å². The fourth-order valence-electron chi connectivity index (χ4n) is 1.78. The lowest BCUT2D eigenvalue weighted by Gasteiger charge is -2.12. The number of carbonyl (C=O) groups is 1. The molecule has 0 spiro atoms. The highest BCUT2D eigenvalue weighted by Crippen LogP contribution is 2.22. The average molecular weight is 318 g/mol. The van der Waals surface area contributed by atoms with E-state index in [0.29, 0.717) is 0 Å². The van der Waals surface area contributed by atoms with E-state index in [0.717, 1.165) is 10.1 Å². The highest BCUT2D eigenvalue weighted by molar-refractivity contribution is 6.32. The van der Waals surface area contributed by atoms with Crippen molar-refractivity contribution in [2.75, 3.05) is 5.32 Å². The molecule has 0 aliphatic carbocycles. The van der Waals surface area contributed by atoms with E-state index in [2.05, 4.69) is 10.3 Å². The van der Waals surface area contributed by atoms with Gasteiger partial charge >= 0.3 is 6.18 Å². The molecule has 0 radical (unpaired) electrons. The highest BCUT2D eigenvalue weighted by atomic mass is 35.5. The lowest BCUT2D eigenvalue weighted by atomic mass is 10.3. The van der Waals surface area contributed by atoms with E-state index < -0.39 is 18.6 Å². The molecular formula is C13H11ClF3N3O. The molecule has 0 fully saturated rings. The number of carbonyl (C=O) groups excluding carboxylic acids is 1. The largest absolute Gasteiger partial charge is 0.406 e. The molecule has 4 nitrogen and oxygen atoms in total. The van der Waals surface area contributed by atoms with E-state index in [1.807, 2.05) is 0 Å². The number of amides is 1. The predicted molar refractivity (Wildman–Crippen MR) is 72.4 cm³/mol. The van der Waals surface area contributed by atoms with Gasteiger partial charge in [-0.2, -0.15) is 13.2 Å². The van der Waals surface area contributed by atoms with Crippen LogP contribution < -0.4 is 5.32 Å². The Bertz CT molecular complexity index is 667. The summed E-state index contributed by atoms with van der Waals surface area (Å²) in [5.74, 6) is -0.682. The third-order valence-corrected chi connectivity index (χ3v) is 2.94. The van der Waals surface area contributed by atoms with Gasteiger partial charge in [-0.05, 0) is 30.7 Å². The molecule has 0 saturated carbocycles. The number of hydrogen-bond acceptors (Lipinski definition) is 2. The Morgan fingerprint density at radius 1 is 1.48 bits per heavy atom. The summed E-state index contributed by atoms with van der Waals surface area (Å²) in [7, 11) is 0. The zero-order valence-corrected chi connectivity index (χ0v) is 11.7. The van der Waals surface area contributed by atoms with E-state index >= 15 is 0 Å². The Labute approximate surface area is 123 Å². The van der Waals surface area contributed by atoms with Gasteiger partial charge in [-0.1, -0.05) is 11.6 Å². The van der Waals surface area contributed by atoms with Crippen molar-refractivity contribution in [3.63, 3.8) is 0 Å². The first-order valence-corrected chi connectivity index (χ1v) is 6.29. The van der Waals surface area contributed by atoms with Crippen LogP contribution in [0.5, 0.6) is 0 Å². The molecule has 8 heteroatoms. The molecule has 2 heterocycles. The normalized spacial score (nSPS) is 11.5. The topological polar surface area (TPSA) is 46.9 Å². The summed E-state index contributed by atoms with van der Waals surface area (Å²) in [6.45, 7) is 0.522. The van der Waals surface area contributed by atoms with Gasteiger partial charge < -0.3 is 9.88 Å². The molecule has 21 heavy (non-hydrogen) atoms. The van der Waals surface area contributed by atoms with Crippen molar-refractivity contribution in [2.24, 2.45) is 0 Å². The highest BCUT2D eigenvalue weighted by Gasteiger charge is 2.29. The van der Waals surface area contributed by atoms with Crippen molar-refractivity contribution in [1.29, 1.82) is 0 Å². The van der Waals surface area contributed by atoms with Gasteiger partial charge in [0.25, 0.3) is 5.91 Å². The first-order chi connectivity index (χ1) is 9.76. The van der Waals surface area contributed by atoms with Crippen LogP contribution >= 0.6 is 11.6 Å². The number of halogens is 4. The van der Waals surface area contributed by atoms with Crippen LogP contribution in [-0.2, 0) is 6.54 Å². The van der Waals surface area contributed by atoms with Gasteiger partial charge in [0.15, 0.2) is 5.15 Å². The Balaban J connectivity index is 2.21. The maximum absolute atomic E-state index is 12.4. The zero-order chi connectivity index (χ0) is 15.6. The molecule has 1 N–H and O–H groups in total. The van der Waals surface area contributed by atoms with Gasteiger partial charge in [0, 0.05) is 12.4 Å². The van der Waals surface area contributed by atoms with E-state index in [1.165, 1.54) is 24.5 Å². The summed E-state index contributed by atoms with van der Waals surface area (Å²) in [6.07, 6.45) is -1.70. The predicted octanol–water partition coefficient (Wildman–Crippen LogP) is 3.66. The molecule has 0 aromatic carbocycles. The van der Waals surface area contributed by atoms with Gasteiger partial charge in [-0.25, -0.2) is 4.98 Å². The van der Waals surface area contributed by atoms with Gasteiger partial charge in [-0.15, -0.1) is 0 Å². The molecule has 0 aliphatic rings. The number of nitrogens with zero attached hydrogens (tertiary/aromatic N) is 2. The quantitative estimate of drug-likeness (QED) is 0.878. The summed E-state index contributed by atoms with van der Waals surface area (Å²) in [4.78, 5) is 15.9. The smallest absolute Gasteiger partial charge is 0.334 e. The van der Waals surface area contributed by atoms with Crippen LogP contribution in [0.2, 0.25) is 5.15 Å². The number of hydrogen-bond donors (Lipinski definition) is 1. The second-order valence-electron chi connectivity index (χ2n) is 4.44. The Hall–Kier alpha value is -2.02. The number of rotatable bonds is 3. The number of aryl methyl sites for hydroxylation is 1. The van der Waals surface area contributed by atoms with Gasteiger partial charge in [0.05, 0.1) is 5.69 Å². The fraction of sp³-hybridized carbons (Fsp3) is 0.231. The van der Waals surface area contributed by atoms with E-state index in [1.54, 1.807) is 13.0 Å². The molecule has 1 amide bonds. The van der Waals surface area contributed by atoms with Gasteiger partial charge in [-0.3, -0.25) is 4.79 Å². The molecule has 2 aromatic rings. The van der Waals surface area contributed by atoms with E-state index in [9.17, 15) is 18.0 Å². The SMILES string of the molecule is Cc1cnc(Cl)c(NC(=O)c2cccn2CC(F)(F)F)c1. The van der Waals surface area contributed by atoms with Crippen LogP contribution in [0.1, 0.15) is 16.1 Å². The molecular weight excluding hydrogens is 307 g/mol. The third-order valence-electron chi connectivity index (χ3n) is 2.64. The number of nitrogens with one attached hydrogen (secondary N) is 1. The van der Waals surface area contributed by atoms with Crippen LogP contribution in [0.3, 0.4) is 0 Å². The maximum Gasteiger partial charge on any atom is 0.406 e. The van der Waals surface area contributed by atoms with Gasteiger partial charge in [0.2, 0.25) is 0 Å². The standard InChI is InChI=1S/C13H11ClF3N3O/c1-8-5-9(11(14)18-6-8)19-12(21)10-3-2-4-20(10)7-13(15,16)17/h2-6H,7H2,1H3,(H,19,21). The van der Waals surface area contributed by atoms with E-state index in [-0.39, 0.29) is 16.5 Å². The third kappa shape index (κ3) is 3.98. The minimum absolute atomic E-state index is 0.0721. The van der Waals surface area contributed by atoms with E-state index in [4.69, 9.17) is 11.6 Å². The van der Waals surface area contributed by atoms with Crippen molar-refractivity contribution < 1.29 is 18.0 Å². The Morgan fingerprint density at radius 2 is 2.19 bits per heavy atom. The maximum atomic E-state index is 12.4. The van der Waals surface area contributed by atoms with Crippen LogP contribution in [0, 0.1) is 6.92 Å². The zero-order valence-electron chi connectivity index (χ0n) is 10.9. The summed E-state index contributed by atoms with van der Waals surface area (Å²) >= 11 is 5.84. The first kappa shape index (κ1) is 15.4. The fourth-order valence-corrected chi connectivity index (χ4v) is 1.93. The second kappa shape index (κ2) is 5.77. The van der Waals surface area contributed by atoms with Crippen LogP contribution in [-0.4, -0.2) is 21.6 Å². The number of pyridine rings is 1. The summed E-state index contributed by atoms with van der Waals surface area (Å²) in [6, 6.07) is 4.26. The summed E-state index contributed by atoms with van der Waals surface area (Å²) < 4.78 is 38.1. The molecule has 2 aromatic heterocycles. The number of anilines is 1. The van der Waals surface area contributed by atoms with Crippen molar-refractivity contribution in [2.45, 2.75) is 19.6 Å². The van der Waals surface area contributed by atoms with Crippen LogP contribution in [0.15, 0.2) is 30.6 Å². The summed E-state index contributed by atoms with van der Waals surface area (Å²) in [5.41, 5.74) is 0.909.